The third kappa shape index (κ3) is 9.83. The van der Waals surface area contributed by atoms with Crippen molar-refractivity contribution in [1.29, 1.82) is 0 Å². The third-order valence-electron chi connectivity index (χ3n) is 3.69. The Bertz CT molecular complexity index is 669. The van der Waals surface area contributed by atoms with Crippen LogP contribution in [0.25, 0.3) is 0 Å². The van der Waals surface area contributed by atoms with E-state index in [1.165, 1.54) is 19.2 Å². The number of carbonyl (C=O) groups is 2. The minimum atomic E-state index is -0.515. The molecule has 2 N–H and O–H groups in total. The number of nitro benzene ring substituents is 1. The van der Waals surface area contributed by atoms with E-state index in [0.717, 1.165) is 0 Å². The number of alkyl carbamates (subject to hydrolysis) is 1. The molecule has 0 aromatic heterocycles. The molecule has 0 saturated carbocycles. The van der Waals surface area contributed by atoms with Crippen LogP contribution < -0.4 is 10.6 Å². The predicted molar refractivity (Wildman–Crippen MR) is 103 cm³/mol. The molecule has 0 fully saturated rings. The summed E-state index contributed by atoms with van der Waals surface area (Å²) in [5.74, 6) is -0.386. The number of nitrogens with one attached hydrogen (secondary N) is 2. The Morgan fingerprint density at radius 1 is 1.00 bits per heavy atom. The van der Waals surface area contributed by atoms with Crippen LogP contribution in [0.3, 0.4) is 0 Å². The van der Waals surface area contributed by atoms with E-state index in [4.69, 9.17) is 18.9 Å². The Morgan fingerprint density at radius 2 is 1.59 bits per heavy atom. The van der Waals surface area contributed by atoms with Crippen LogP contribution in [-0.2, 0) is 18.9 Å². The summed E-state index contributed by atoms with van der Waals surface area (Å²) in [7, 11) is 1.48. The maximum Gasteiger partial charge on any atom is 0.406 e. The molecule has 2 amide bonds. The van der Waals surface area contributed by atoms with E-state index in [1.807, 2.05) is 0 Å². The zero-order valence-electron chi connectivity index (χ0n) is 16.6. The summed E-state index contributed by atoms with van der Waals surface area (Å²) in [5, 5.41) is 15.9. The molecule has 0 atom stereocenters. The van der Waals surface area contributed by atoms with Crippen molar-refractivity contribution in [2.45, 2.75) is 6.92 Å². The molecule has 0 unspecified atom stereocenters. The van der Waals surface area contributed by atoms with Crippen molar-refractivity contribution in [2.75, 3.05) is 59.8 Å². The number of benzene rings is 1. The minimum absolute atomic E-state index is 0.0889. The van der Waals surface area contributed by atoms with E-state index in [2.05, 4.69) is 10.6 Å². The van der Waals surface area contributed by atoms with Gasteiger partial charge in [0.15, 0.2) is 0 Å². The van der Waals surface area contributed by atoms with Gasteiger partial charge >= 0.3 is 6.09 Å². The zero-order valence-corrected chi connectivity index (χ0v) is 16.6. The standard InChI is InChI=1S/C18H27N3O8/c1-14-15(4-3-5-16(14)21(24)25)17(22)20-6-7-26-8-9-27-10-11-28-12-13-29-18(23)19-2/h3-5H,6-13H2,1-2H3,(H,19,23)(H,20,22). The monoisotopic (exact) mass is 413 g/mol. The first-order chi connectivity index (χ1) is 14.0. The van der Waals surface area contributed by atoms with Gasteiger partial charge in [-0.25, -0.2) is 4.79 Å². The lowest BCUT2D eigenvalue weighted by Gasteiger charge is -2.09. The van der Waals surface area contributed by atoms with Gasteiger partial charge in [0.25, 0.3) is 11.6 Å². The number of nitro groups is 1. The third-order valence-corrected chi connectivity index (χ3v) is 3.69. The van der Waals surface area contributed by atoms with Gasteiger partial charge in [-0.3, -0.25) is 14.9 Å². The number of nitrogens with zero attached hydrogens (tertiary/aromatic N) is 1. The highest BCUT2D eigenvalue weighted by molar-refractivity contribution is 5.96. The lowest BCUT2D eigenvalue weighted by atomic mass is 10.1. The molecule has 0 saturated heterocycles. The molecule has 0 aliphatic rings. The predicted octanol–water partition coefficient (Wildman–Crippen LogP) is 1.04. The molecular weight excluding hydrogens is 386 g/mol. The molecule has 11 nitrogen and oxygen atoms in total. The average Bonchev–Trinajstić information content (AvgIpc) is 2.70. The van der Waals surface area contributed by atoms with Crippen LogP contribution in [0.5, 0.6) is 0 Å². The van der Waals surface area contributed by atoms with Gasteiger partial charge in [-0.2, -0.15) is 0 Å². The van der Waals surface area contributed by atoms with Gasteiger partial charge in [0, 0.05) is 30.8 Å². The van der Waals surface area contributed by atoms with E-state index in [-0.39, 0.29) is 43.5 Å². The highest BCUT2D eigenvalue weighted by atomic mass is 16.6. The van der Waals surface area contributed by atoms with Gasteiger partial charge in [-0.15, -0.1) is 0 Å². The van der Waals surface area contributed by atoms with Crippen molar-refractivity contribution in [3.8, 4) is 0 Å². The van der Waals surface area contributed by atoms with Crippen LogP contribution in [-0.4, -0.2) is 76.8 Å². The van der Waals surface area contributed by atoms with Gasteiger partial charge in [-0.1, -0.05) is 6.07 Å². The first kappa shape index (κ1) is 24.3. The Hall–Kier alpha value is -2.76. The second-order valence-electron chi connectivity index (χ2n) is 5.69. The van der Waals surface area contributed by atoms with E-state index in [1.54, 1.807) is 13.0 Å². The fourth-order valence-electron chi connectivity index (χ4n) is 2.21. The van der Waals surface area contributed by atoms with E-state index in [0.29, 0.717) is 32.0 Å². The summed E-state index contributed by atoms with van der Waals surface area (Å²) in [4.78, 5) is 33.3. The smallest absolute Gasteiger partial charge is 0.406 e. The lowest BCUT2D eigenvalue weighted by Crippen LogP contribution is -2.28. The van der Waals surface area contributed by atoms with Crippen molar-refractivity contribution in [3.63, 3.8) is 0 Å². The number of hydrogen-bond acceptors (Lipinski definition) is 8. The van der Waals surface area contributed by atoms with Crippen molar-refractivity contribution in [3.05, 3.63) is 39.4 Å². The molecule has 11 heteroatoms. The average molecular weight is 413 g/mol. The van der Waals surface area contributed by atoms with Gasteiger partial charge in [0.2, 0.25) is 0 Å². The van der Waals surface area contributed by atoms with Gasteiger partial charge in [0.05, 0.1) is 44.6 Å². The highest BCUT2D eigenvalue weighted by Crippen LogP contribution is 2.20. The van der Waals surface area contributed by atoms with E-state index >= 15 is 0 Å². The van der Waals surface area contributed by atoms with Crippen LogP contribution in [0, 0.1) is 17.0 Å². The van der Waals surface area contributed by atoms with Crippen LogP contribution >= 0.6 is 0 Å². The summed E-state index contributed by atoms with van der Waals surface area (Å²) >= 11 is 0. The minimum Gasteiger partial charge on any atom is -0.447 e. The number of carbonyl (C=O) groups excluding carboxylic acids is 2. The first-order valence-electron chi connectivity index (χ1n) is 9.07. The molecule has 29 heavy (non-hydrogen) atoms. The van der Waals surface area contributed by atoms with Crippen molar-refractivity contribution in [1.82, 2.24) is 10.6 Å². The summed E-state index contributed by atoms with van der Waals surface area (Å²) in [5.41, 5.74) is 0.504. The topological polar surface area (TPSA) is 138 Å². The van der Waals surface area contributed by atoms with Crippen molar-refractivity contribution >= 4 is 17.7 Å². The number of rotatable bonds is 14. The molecule has 1 rings (SSSR count). The second kappa shape index (κ2) is 14.3. The summed E-state index contributed by atoms with van der Waals surface area (Å²) in [6.45, 7) is 4.04. The normalized spacial score (nSPS) is 10.4. The van der Waals surface area contributed by atoms with Crippen LogP contribution in [0.15, 0.2) is 18.2 Å². The molecular formula is C18H27N3O8. The van der Waals surface area contributed by atoms with Crippen LogP contribution in [0.2, 0.25) is 0 Å². The summed E-state index contributed by atoms with van der Waals surface area (Å²) in [6.07, 6.45) is -0.501. The van der Waals surface area contributed by atoms with Crippen molar-refractivity contribution < 1.29 is 33.5 Å². The van der Waals surface area contributed by atoms with Crippen LogP contribution in [0.1, 0.15) is 15.9 Å². The summed E-state index contributed by atoms with van der Waals surface area (Å²) in [6, 6.07) is 4.38. The Balaban J connectivity index is 2.02. The molecule has 0 aliphatic heterocycles. The highest BCUT2D eigenvalue weighted by Gasteiger charge is 2.17. The Labute approximate surface area is 168 Å². The largest absolute Gasteiger partial charge is 0.447 e. The second-order valence-corrected chi connectivity index (χ2v) is 5.69. The Kier molecular flexibility index (Phi) is 11.9. The van der Waals surface area contributed by atoms with Crippen molar-refractivity contribution in [2.24, 2.45) is 0 Å². The maximum absolute atomic E-state index is 12.1. The molecule has 0 spiro atoms. The molecule has 0 radical (unpaired) electrons. The molecule has 1 aromatic carbocycles. The van der Waals surface area contributed by atoms with Gasteiger partial charge < -0.3 is 29.6 Å². The SMILES string of the molecule is CNC(=O)OCCOCCOCCOCCNC(=O)c1cccc([N+](=O)[O-])c1C. The van der Waals surface area contributed by atoms with Crippen LogP contribution in [0.4, 0.5) is 10.5 Å². The summed E-state index contributed by atoms with van der Waals surface area (Å²) < 4.78 is 20.6. The zero-order chi connectivity index (χ0) is 21.5. The molecule has 0 aliphatic carbocycles. The fourth-order valence-corrected chi connectivity index (χ4v) is 2.21. The lowest BCUT2D eigenvalue weighted by molar-refractivity contribution is -0.385. The number of hydrogen-bond donors (Lipinski definition) is 2. The molecule has 1 aromatic rings. The number of ether oxygens (including phenoxy) is 4. The molecule has 0 heterocycles. The maximum atomic E-state index is 12.1. The molecule has 0 bridgehead atoms. The van der Waals surface area contributed by atoms with E-state index in [9.17, 15) is 19.7 Å². The first-order valence-corrected chi connectivity index (χ1v) is 9.07. The van der Waals surface area contributed by atoms with Gasteiger partial charge in [-0.05, 0) is 13.0 Å². The van der Waals surface area contributed by atoms with Gasteiger partial charge in [0.1, 0.15) is 6.61 Å². The number of amides is 2. The quantitative estimate of drug-likeness (QED) is 0.262. The fraction of sp³-hybridized carbons (Fsp3) is 0.556. The molecule has 162 valence electrons. The Morgan fingerprint density at radius 3 is 2.17 bits per heavy atom. The van der Waals surface area contributed by atoms with E-state index < -0.39 is 11.0 Å².